The summed E-state index contributed by atoms with van der Waals surface area (Å²) in [6.45, 7) is 2.05. The molecule has 0 aliphatic carbocycles. The average Bonchev–Trinajstić information content (AvgIpc) is 2.80. The molecule has 1 aromatic heterocycles. The van der Waals surface area contributed by atoms with Gasteiger partial charge in [-0.15, -0.1) is 0 Å². The van der Waals surface area contributed by atoms with Crippen molar-refractivity contribution in [2.24, 2.45) is 0 Å². The molecular weight excluding hydrogens is 368 g/mol. The van der Waals surface area contributed by atoms with E-state index < -0.39 is 0 Å². The number of benzene rings is 3. The molecule has 4 rings (SSSR count). The van der Waals surface area contributed by atoms with Gasteiger partial charge in [0.1, 0.15) is 0 Å². The zero-order valence-corrected chi connectivity index (χ0v) is 17.0. The number of nitrogens with one attached hydrogen (secondary N) is 1. The highest BCUT2D eigenvalue weighted by Gasteiger charge is 2.18. The molecule has 3 heteroatoms. The number of rotatable bonds is 6. The summed E-state index contributed by atoms with van der Waals surface area (Å²) in [6.07, 6.45) is 4.04. The molecule has 1 amide bonds. The first-order chi connectivity index (χ1) is 14.7. The van der Waals surface area contributed by atoms with Gasteiger partial charge in [0.05, 0.1) is 0 Å². The van der Waals surface area contributed by atoms with Crippen molar-refractivity contribution in [2.75, 3.05) is 5.32 Å². The summed E-state index contributed by atoms with van der Waals surface area (Å²) in [5, 5.41) is 3.05. The van der Waals surface area contributed by atoms with E-state index in [0.29, 0.717) is 6.42 Å². The first kappa shape index (κ1) is 19.6. The highest BCUT2D eigenvalue weighted by atomic mass is 16.1. The molecule has 0 atom stereocenters. The SMILES string of the molecule is Cc1cnccc1-c1ccc(NC(=O)CC(c2ccccc2)c2ccccc2)cc1. The summed E-state index contributed by atoms with van der Waals surface area (Å²) in [4.78, 5) is 17.0. The molecule has 30 heavy (non-hydrogen) atoms. The lowest BCUT2D eigenvalue weighted by Crippen LogP contribution is -2.16. The van der Waals surface area contributed by atoms with Gasteiger partial charge >= 0.3 is 0 Å². The largest absolute Gasteiger partial charge is 0.326 e. The predicted molar refractivity (Wildman–Crippen MR) is 122 cm³/mol. The van der Waals surface area contributed by atoms with E-state index in [9.17, 15) is 4.79 Å². The van der Waals surface area contributed by atoms with E-state index in [2.05, 4.69) is 34.6 Å². The lowest BCUT2D eigenvalue weighted by molar-refractivity contribution is -0.116. The van der Waals surface area contributed by atoms with Crippen molar-refractivity contribution < 1.29 is 4.79 Å². The Morgan fingerprint density at radius 2 is 1.43 bits per heavy atom. The Kier molecular flexibility index (Phi) is 6.00. The number of hydrogen-bond donors (Lipinski definition) is 1. The third-order valence-electron chi connectivity index (χ3n) is 5.29. The minimum atomic E-state index is 0.000507. The molecule has 4 aromatic rings. The highest BCUT2D eigenvalue weighted by molar-refractivity contribution is 5.92. The summed E-state index contributed by atoms with van der Waals surface area (Å²) in [5.74, 6) is 0.0201. The third kappa shape index (κ3) is 4.64. The van der Waals surface area contributed by atoms with E-state index in [1.807, 2.05) is 79.9 Å². The van der Waals surface area contributed by atoms with Gasteiger partial charge in [0.25, 0.3) is 0 Å². The summed E-state index contributed by atoms with van der Waals surface area (Å²) in [5.41, 5.74) is 6.47. The third-order valence-corrected chi connectivity index (χ3v) is 5.29. The van der Waals surface area contributed by atoms with Crippen molar-refractivity contribution in [1.29, 1.82) is 0 Å². The maximum absolute atomic E-state index is 12.9. The van der Waals surface area contributed by atoms with Gasteiger partial charge in [0, 0.05) is 30.4 Å². The summed E-state index contributed by atoms with van der Waals surface area (Å²) >= 11 is 0. The van der Waals surface area contributed by atoms with Crippen LogP contribution in [0.25, 0.3) is 11.1 Å². The van der Waals surface area contributed by atoms with E-state index in [1.54, 1.807) is 6.20 Å². The first-order valence-electron chi connectivity index (χ1n) is 10.1. The van der Waals surface area contributed by atoms with Crippen molar-refractivity contribution in [3.8, 4) is 11.1 Å². The number of aromatic nitrogens is 1. The van der Waals surface area contributed by atoms with Crippen molar-refractivity contribution in [3.63, 3.8) is 0 Å². The van der Waals surface area contributed by atoms with Crippen LogP contribution in [0.15, 0.2) is 103 Å². The molecule has 0 fully saturated rings. The number of carbonyl (C=O) groups is 1. The molecule has 3 aromatic carbocycles. The molecule has 0 unspecified atom stereocenters. The molecule has 0 radical (unpaired) electrons. The van der Waals surface area contributed by atoms with E-state index >= 15 is 0 Å². The molecule has 0 saturated heterocycles. The molecular formula is C27H24N2O. The number of pyridine rings is 1. The lowest BCUT2D eigenvalue weighted by atomic mass is 9.88. The van der Waals surface area contributed by atoms with Crippen LogP contribution < -0.4 is 5.32 Å². The van der Waals surface area contributed by atoms with Crippen molar-refractivity contribution in [3.05, 3.63) is 120 Å². The molecule has 0 saturated carbocycles. The fourth-order valence-electron chi connectivity index (χ4n) is 3.73. The Hall–Kier alpha value is -3.72. The Bertz CT molecular complexity index is 1070. The second-order valence-corrected chi connectivity index (χ2v) is 7.39. The molecule has 0 spiro atoms. The van der Waals surface area contributed by atoms with E-state index in [-0.39, 0.29) is 11.8 Å². The number of carbonyl (C=O) groups excluding carboxylic acids is 1. The van der Waals surface area contributed by atoms with Crippen molar-refractivity contribution in [2.45, 2.75) is 19.3 Å². The predicted octanol–water partition coefficient (Wildman–Crippen LogP) is 6.22. The minimum absolute atomic E-state index is 0.000507. The Labute approximate surface area is 177 Å². The topological polar surface area (TPSA) is 42.0 Å². The Balaban J connectivity index is 1.49. The molecule has 0 aliphatic heterocycles. The van der Waals surface area contributed by atoms with Gasteiger partial charge in [-0.2, -0.15) is 0 Å². The van der Waals surface area contributed by atoms with Crippen LogP contribution in [0.1, 0.15) is 29.0 Å². The molecule has 3 nitrogen and oxygen atoms in total. The van der Waals surface area contributed by atoms with Gasteiger partial charge in [0.2, 0.25) is 5.91 Å². The van der Waals surface area contributed by atoms with Crippen LogP contribution in [0, 0.1) is 6.92 Å². The number of nitrogens with zero attached hydrogens (tertiary/aromatic N) is 1. The minimum Gasteiger partial charge on any atom is -0.326 e. The Morgan fingerprint density at radius 1 is 0.833 bits per heavy atom. The Morgan fingerprint density at radius 3 is 2.00 bits per heavy atom. The van der Waals surface area contributed by atoms with Crippen LogP contribution in [-0.4, -0.2) is 10.9 Å². The van der Waals surface area contributed by atoms with Crippen molar-refractivity contribution in [1.82, 2.24) is 4.98 Å². The number of hydrogen-bond acceptors (Lipinski definition) is 2. The van der Waals surface area contributed by atoms with Crippen LogP contribution in [-0.2, 0) is 4.79 Å². The van der Waals surface area contributed by atoms with Crippen LogP contribution in [0.4, 0.5) is 5.69 Å². The maximum atomic E-state index is 12.9. The van der Waals surface area contributed by atoms with Crippen LogP contribution in [0.2, 0.25) is 0 Å². The van der Waals surface area contributed by atoms with Gasteiger partial charge in [0.15, 0.2) is 0 Å². The molecule has 148 valence electrons. The lowest BCUT2D eigenvalue weighted by Gasteiger charge is -2.18. The quantitative estimate of drug-likeness (QED) is 0.423. The standard InChI is InChI=1S/C27H24N2O/c1-20-19-28-17-16-25(20)23-12-14-24(15-13-23)29-27(30)18-26(21-8-4-2-5-9-21)22-10-6-3-7-11-22/h2-17,19,26H,18H2,1H3,(H,29,30). The summed E-state index contributed by atoms with van der Waals surface area (Å²) in [7, 11) is 0. The summed E-state index contributed by atoms with van der Waals surface area (Å²) in [6, 6.07) is 30.4. The second kappa shape index (κ2) is 9.19. The smallest absolute Gasteiger partial charge is 0.225 e. The molecule has 1 heterocycles. The number of aryl methyl sites for hydroxylation is 1. The maximum Gasteiger partial charge on any atom is 0.225 e. The second-order valence-electron chi connectivity index (χ2n) is 7.39. The molecule has 0 bridgehead atoms. The first-order valence-corrected chi connectivity index (χ1v) is 10.1. The van der Waals surface area contributed by atoms with Gasteiger partial charge in [-0.1, -0.05) is 72.8 Å². The van der Waals surface area contributed by atoms with Gasteiger partial charge in [-0.25, -0.2) is 0 Å². The normalized spacial score (nSPS) is 10.7. The zero-order valence-electron chi connectivity index (χ0n) is 17.0. The average molecular weight is 393 g/mol. The monoisotopic (exact) mass is 392 g/mol. The van der Waals surface area contributed by atoms with E-state index in [4.69, 9.17) is 0 Å². The van der Waals surface area contributed by atoms with E-state index in [0.717, 1.165) is 33.5 Å². The van der Waals surface area contributed by atoms with E-state index in [1.165, 1.54) is 0 Å². The van der Waals surface area contributed by atoms with Crippen molar-refractivity contribution >= 4 is 11.6 Å². The highest BCUT2D eigenvalue weighted by Crippen LogP contribution is 2.29. The summed E-state index contributed by atoms with van der Waals surface area (Å²) < 4.78 is 0. The fraction of sp³-hybridized carbons (Fsp3) is 0.111. The fourth-order valence-corrected chi connectivity index (χ4v) is 3.73. The van der Waals surface area contributed by atoms with Gasteiger partial charge in [-0.3, -0.25) is 9.78 Å². The zero-order chi connectivity index (χ0) is 20.8. The number of anilines is 1. The van der Waals surface area contributed by atoms with Gasteiger partial charge < -0.3 is 5.32 Å². The van der Waals surface area contributed by atoms with Gasteiger partial charge in [-0.05, 0) is 52.9 Å². The molecule has 0 aliphatic rings. The van der Waals surface area contributed by atoms with Crippen LogP contribution >= 0.6 is 0 Å². The van der Waals surface area contributed by atoms with Crippen LogP contribution in [0.3, 0.4) is 0 Å². The number of amides is 1. The molecule has 1 N–H and O–H groups in total. The van der Waals surface area contributed by atoms with Crippen LogP contribution in [0.5, 0.6) is 0 Å².